The van der Waals surface area contributed by atoms with Gasteiger partial charge < -0.3 is 14.4 Å². The zero-order valence-corrected chi connectivity index (χ0v) is 10.7. The number of rotatable bonds is 4. The van der Waals surface area contributed by atoms with Crippen LogP contribution in [-0.4, -0.2) is 49.0 Å². The van der Waals surface area contributed by atoms with Gasteiger partial charge in [0.25, 0.3) is 0 Å². The minimum atomic E-state index is 0.0729. The minimum Gasteiger partial charge on any atom is -0.377 e. The fraction of sp³-hybridized carbons (Fsp3) is 0.636. The average molecular weight is 258 g/mol. The van der Waals surface area contributed by atoms with E-state index in [0.717, 1.165) is 18.9 Å². The van der Waals surface area contributed by atoms with E-state index in [1.807, 2.05) is 6.92 Å². The predicted octanol–water partition coefficient (Wildman–Crippen LogP) is 1.37. The maximum atomic E-state index is 5.85. The first-order valence-corrected chi connectivity index (χ1v) is 5.99. The number of methoxy groups -OCH3 is 1. The topological polar surface area (TPSA) is 47.5 Å². The zero-order chi connectivity index (χ0) is 12.3. The van der Waals surface area contributed by atoms with Gasteiger partial charge in [-0.1, -0.05) is 11.6 Å². The molecule has 0 unspecified atom stereocenters. The number of ether oxygens (including phenoxy) is 2. The van der Waals surface area contributed by atoms with Crippen LogP contribution >= 0.6 is 11.6 Å². The van der Waals surface area contributed by atoms with Crippen LogP contribution < -0.4 is 4.90 Å². The van der Waals surface area contributed by atoms with Crippen LogP contribution in [-0.2, 0) is 9.47 Å². The summed E-state index contributed by atoms with van der Waals surface area (Å²) in [5, 5.41) is 0.448. The molecule has 0 aromatic carbocycles. The Labute approximate surface area is 106 Å². The van der Waals surface area contributed by atoms with Gasteiger partial charge in [-0.2, -0.15) is 0 Å². The fourth-order valence-corrected chi connectivity index (χ4v) is 2.17. The second kappa shape index (κ2) is 5.62. The fourth-order valence-electron chi connectivity index (χ4n) is 2.03. The first kappa shape index (κ1) is 12.5. The lowest BCUT2D eigenvalue weighted by Crippen LogP contribution is -2.28. The summed E-state index contributed by atoms with van der Waals surface area (Å²) in [7, 11) is 1.70. The molecule has 1 aromatic heterocycles. The van der Waals surface area contributed by atoms with Gasteiger partial charge in [-0.25, -0.2) is 9.97 Å². The van der Waals surface area contributed by atoms with Crippen molar-refractivity contribution in [1.29, 1.82) is 0 Å². The Morgan fingerprint density at radius 1 is 1.41 bits per heavy atom. The molecular formula is C11H16ClN3O2. The van der Waals surface area contributed by atoms with Crippen molar-refractivity contribution in [2.24, 2.45) is 0 Å². The number of hydrogen-bond donors (Lipinski definition) is 0. The molecule has 1 aliphatic rings. The zero-order valence-electron chi connectivity index (χ0n) is 9.97. The first-order valence-electron chi connectivity index (χ1n) is 5.61. The number of nitrogens with zero attached hydrogens (tertiary/aromatic N) is 3. The second-order valence-electron chi connectivity index (χ2n) is 3.87. The van der Waals surface area contributed by atoms with Crippen molar-refractivity contribution in [3.63, 3.8) is 0 Å². The highest BCUT2D eigenvalue weighted by Crippen LogP contribution is 2.23. The van der Waals surface area contributed by atoms with Crippen molar-refractivity contribution in [3.05, 3.63) is 17.5 Å². The van der Waals surface area contributed by atoms with Crippen LogP contribution in [0.1, 0.15) is 6.92 Å². The standard InChI is InChI=1S/C11H16ClN3O2/c1-3-17-9-6-15(5-8(9)16-2)11-4-10(12)13-7-14-11/h4,7-9H,3,5-6H2,1-2H3/t8-,9+/m0/s1. The Kier molecular flexibility index (Phi) is 4.15. The highest BCUT2D eigenvalue weighted by molar-refractivity contribution is 6.29. The van der Waals surface area contributed by atoms with E-state index in [4.69, 9.17) is 21.1 Å². The van der Waals surface area contributed by atoms with Crippen LogP contribution in [0.25, 0.3) is 0 Å². The summed E-state index contributed by atoms with van der Waals surface area (Å²) in [6, 6.07) is 1.75. The van der Waals surface area contributed by atoms with Gasteiger partial charge >= 0.3 is 0 Å². The summed E-state index contributed by atoms with van der Waals surface area (Å²) >= 11 is 5.85. The molecule has 5 nitrogen and oxygen atoms in total. The maximum absolute atomic E-state index is 5.85. The molecular weight excluding hydrogens is 242 g/mol. The number of halogens is 1. The number of anilines is 1. The van der Waals surface area contributed by atoms with Gasteiger partial charge in [-0.3, -0.25) is 0 Å². The first-order chi connectivity index (χ1) is 8.24. The summed E-state index contributed by atoms with van der Waals surface area (Å²) < 4.78 is 11.1. The maximum Gasteiger partial charge on any atom is 0.134 e. The second-order valence-corrected chi connectivity index (χ2v) is 4.26. The van der Waals surface area contributed by atoms with Crippen LogP contribution in [0.2, 0.25) is 5.15 Å². The molecule has 1 saturated heterocycles. The van der Waals surface area contributed by atoms with Crippen molar-refractivity contribution >= 4 is 17.4 Å². The van der Waals surface area contributed by atoms with Gasteiger partial charge in [0.2, 0.25) is 0 Å². The molecule has 0 amide bonds. The average Bonchev–Trinajstić information content (AvgIpc) is 2.73. The molecule has 6 heteroatoms. The molecule has 17 heavy (non-hydrogen) atoms. The van der Waals surface area contributed by atoms with E-state index < -0.39 is 0 Å². The third kappa shape index (κ3) is 2.86. The number of hydrogen-bond acceptors (Lipinski definition) is 5. The van der Waals surface area contributed by atoms with E-state index in [1.165, 1.54) is 6.33 Å². The van der Waals surface area contributed by atoms with Gasteiger partial charge in [0.05, 0.1) is 0 Å². The van der Waals surface area contributed by atoms with E-state index in [2.05, 4.69) is 14.9 Å². The molecule has 0 radical (unpaired) electrons. The monoisotopic (exact) mass is 257 g/mol. The SMILES string of the molecule is CCO[C@@H]1CN(c2cc(Cl)ncn2)C[C@@H]1OC. The molecule has 0 saturated carbocycles. The third-order valence-corrected chi connectivity index (χ3v) is 3.05. The van der Waals surface area contributed by atoms with Crippen molar-refractivity contribution in [2.75, 3.05) is 31.7 Å². The third-order valence-electron chi connectivity index (χ3n) is 2.84. The smallest absolute Gasteiger partial charge is 0.134 e. The van der Waals surface area contributed by atoms with Crippen molar-refractivity contribution in [2.45, 2.75) is 19.1 Å². The van der Waals surface area contributed by atoms with Gasteiger partial charge in [-0.05, 0) is 6.92 Å². The van der Waals surface area contributed by atoms with Crippen LogP contribution in [0.3, 0.4) is 0 Å². The van der Waals surface area contributed by atoms with Gasteiger partial charge in [0.15, 0.2) is 0 Å². The Morgan fingerprint density at radius 2 is 2.18 bits per heavy atom. The molecule has 0 aliphatic carbocycles. The quantitative estimate of drug-likeness (QED) is 0.763. The molecule has 0 N–H and O–H groups in total. The summed E-state index contributed by atoms with van der Waals surface area (Å²) in [6.45, 7) is 4.19. The summed E-state index contributed by atoms with van der Waals surface area (Å²) in [5.41, 5.74) is 0. The predicted molar refractivity (Wildman–Crippen MR) is 65.5 cm³/mol. The normalized spacial score (nSPS) is 24.3. The van der Waals surface area contributed by atoms with Crippen LogP contribution in [0.5, 0.6) is 0 Å². The molecule has 2 rings (SSSR count). The molecule has 1 aromatic rings. The lowest BCUT2D eigenvalue weighted by Gasteiger charge is -2.16. The highest BCUT2D eigenvalue weighted by Gasteiger charge is 2.34. The van der Waals surface area contributed by atoms with Crippen molar-refractivity contribution < 1.29 is 9.47 Å². The lowest BCUT2D eigenvalue weighted by molar-refractivity contribution is -0.0232. The molecule has 2 heterocycles. The van der Waals surface area contributed by atoms with E-state index >= 15 is 0 Å². The van der Waals surface area contributed by atoms with Gasteiger partial charge in [0, 0.05) is 32.9 Å². The van der Waals surface area contributed by atoms with Crippen molar-refractivity contribution in [1.82, 2.24) is 9.97 Å². The molecule has 0 spiro atoms. The van der Waals surface area contributed by atoms with E-state index in [9.17, 15) is 0 Å². The summed E-state index contributed by atoms with van der Waals surface area (Å²) in [6.07, 6.45) is 1.62. The molecule has 94 valence electrons. The summed E-state index contributed by atoms with van der Waals surface area (Å²) in [4.78, 5) is 10.2. The van der Waals surface area contributed by atoms with E-state index in [-0.39, 0.29) is 12.2 Å². The van der Waals surface area contributed by atoms with Crippen LogP contribution in [0.15, 0.2) is 12.4 Å². The van der Waals surface area contributed by atoms with Gasteiger partial charge in [0.1, 0.15) is 29.5 Å². The van der Waals surface area contributed by atoms with E-state index in [0.29, 0.717) is 11.8 Å². The Bertz CT molecular complexity index is 377. The van der Waals surface area contributed by atoms with Crippen LogP contribution in [0, 0.1) is 0 Å². The Morgan fingerprint density at radius 3 is 2.82 bits per heavy atom. The molecule has 1 aliphatic heterocycles. The largest absolute Gasteiger partial charge is 0.377 e. The van der Waals surface area contributed by atoms with Crippen molar-refractivity contribution in [3.8, 4) is 0 Å². The molecule has 0 bridgehead atoms. The van der Waals surface area contributed by atoms with Crippen LogP contribution in [0.4, 0.5) is 5.82 Å². The highest BCUT2D eigenvalue weighted by atomic mass is 35.5. The molecule has 2 atom stereocenters. The molecule has 1 fully saturated rings. The van der Waals surface area contributed by atoms with Gasteiger partial charge in [-0.15, -0.1) is 0 Å². The lowest BCUT2D eigenvalue weighted by atomic mass is 10.2. The Hall–Kier alpha value is -0.910. The van der Waals surface area contributed by atoms with E-state index in [1.54, 1.807) is 13.2 Å². The number of aromatic nitrogens is 2. The Balaban J connectivity index is 2.09. The summed E-state index contributed by atoms with van der Waals surface area (Å²) in [5.74, 6) is 0.814. The minimum absolute atomic E-state index is 0.0729.